The van der Waals surface area contributed by atoms with Crippen LogP contribution in [0, 0.1) is 0 Å². The van der Waals surface area contributed by atoms with Crippen molar-refractivity contribution in [3.05, 3.63) is 28.8 Å². The van der Waals surface area contributed by atoms with Crippen molar-refractivity contribution in [1.29, 1.82) is 0 Å². The van der Waals surface area contributed by atoms with E-state index >= 15 is 0 Å². The molecule has 1 aromatic carbocycles. The minimum absolute atomic E-state index is 0.894. The largest absolute Gasteiger partial charge is 0.496 e. The number of hydrogen-bond donors (Lipinski definition) is 0. The molecule has 0 aliphatic rings. The lowest BCUT2D eigenvalue weighted by molar-refractivity contribution is 0.351. The Bertz CT molecular complexity index is 397. The number of rotatable bonds is 7. The Kier molecular flexibility index (Phi) is 6.46. The van der Waals surface area contributed by atoms with Crippen LogP contribution in [0.15, 0.2) is 12.1 Å². The van der Waals surface area contributed by atoms with E-state index in [0.29, 0.717) is 0 Å². The highest BCUT2D eigenvalue weighted by atomic mass is 16.5. The molecule has 0 N–H and O–H groups in total. The van der Waals surface area contributed by atoms with Crippen LogP contribution in [0.2, 0.25) is 0 Å². The van der Waals surface area contributed by atoms with Crippen molar-refractivity contribution < 1.29 is 4.74 Å². The van der Waals surface area contributed by atoms with E-state index in [1.165, 1.54) is 16.7 Å². The summed E-state index contributed by atoms with van der Waals surface area (Å²) >= 11 is 0. The molecule has 4 nitrogen and oxygen atoms in total. The molecule has 1 aromatic rings. The molecule has 0 saturated carbocycles. The third-order valence-corrected chi connectivity index (χ3v) is 2.98. The van der Waals surface area contributed by atoms with Crippen molar-refractivity contribution in [2.75, 3.05) is 49.4 Å². The minimum atomic E-state index is 0.894. The van der Waals surface area contributed by atoms with Crippen LogP contribution in [-0.4, -0.2) is 64.1 Å². The topological polar surface area (TPSA) is 19.0 Å². The Balaban J connectivity index is 3.23. The van der Waals surface area contributed by atoms with Crippen molar-refractivity contribution in [2.24, 2.45) is 0 Å². The summed E-state index contributed by atoms with van der Waals surface area (Å²) in [5.41, 5.74) is 3.85. The molecule has 0 heterocycles. The van der Waals surface area contributed by atoms with Crippen LogP contribution < -0.4 is 4.74 Å². The van der Waals surface area contributed by atoms with Gasteiger partial charge in [-0.1, -0.05) is 0 Å². The van der Waals surface area contributed by atoms with E-state index in [1.807, 2.05) is 0 Å². The van der Waals surface area contributed by atoms with Gasteiger partial charge in [0, 0.05) is 30.8 Å². The molecule has 0 aliphatic carbocycles. The zero-order valence-corrected chi connectivity index (χ0v) is 14.0. The van der Waals surface area contributed by atoms with E-state index in [-0.39, 0.29) is 0 Å². The first-order valence-electron chi connectivity index (χ1n) is 6.96. The van der Waals surface area contributed by atoms with Gasteiger partial charge >= 0.3 is 0 Å². The SMILES string of the molecule is COc1c(CN(C)C)cc(CN(C)C)cc1CN(C)C. The van der Waals surface area contributed by atoms with Gasteiger partial charge in [0.25, 0.3) is 0 Å². The zero-order valence-electron chi connectivity index (χ0n) is 14.0. The van der Waals surface area contributed by atoms with Gasteiger partial charge in [-0.15, -0.1) is 0 Å². The first-order chi connectivity index (χ1) is 9.33. The highest BCUT2D eigenvalue weighted by Crippen LogP contribution is 2.28. The number of methoxy groups -OCH3 is 1. The molecule has 0 fully saturated rings. The number of ether oxygens (including phenoxy) is 1. The summed E-state index contributed by atoms with van der Waals surface area (Å²) in [5, 5.41) is 0. The molecule has 114 valence electrons. The molecular weight excluding hydrogens is 250 g/mol. The van der Waals surface area contributed by atoms with Gasteiger partial charge in [0.1, 0.15) is 5.75 Å². The quantitative estimate of drug-likeness (QED) is 0.758. The van der Waals surface area contributed by atoms with E-state index in [9.17, 15) is 0 Å². The summed E-state index contributed by atoms with van der Waals surface area (Å²) in [7, 11) is 14.3. The average molecular weight is 279 g/mol. The summed E-state index contributed by atoms with van der Waals surface area (Å²) in [6.07, 6.45) is 0. The van der Waals surface area contributed by atoms with E-state index < -0.39 is 0 Å². The maximum absolute atomic E-state index is 5.67. The third-order valence-electron chi connectivity index (χ3n) is 2.98. The molecule has 0 radical (unpaired) electrons. The Hall–Kier alpha value is -1.10. The molecule has 0 atom stereocenters. The second kappa shape index (κ2) is 7.62. The maximum atomic E-state index is 5.67. The lowest BCUT2D eigenvalue weighted by Crippen LogP contribution is -2.17. The van der Waals surface area contributed by atoms with Gasteiger partial charge in [0.15, 0.2) is 0 Å². The summed E-state index contributed by atoms with van der Waals surface area (Å²) in [6.45, 7) is 2.74. The van der Waals surface area contributed by atoms with Gasteiger partial charge in [0.2, 0.25) is 0 Å². The summed E-state index contributed by atoms with van der Waals surface area (Å²) in [4.78, 5) is 6.55. The van der Waals surface area contributed by atoms with E-state index in [2.05, 4.69) is 69.1 Å². The molecule has 0 amide bonds. The highest BCUT2D eigenvalue weighted by Gasteiger charge is 2.13. The minimum Gasteiger partial charge on any atom is -0.496 e. The van der Waals surface area contributed by atoms with Gasteiger partial charge in [-0.2, -0.15) is 0 Å². The fourth-order valence-electron chi connectivity index (χ4n) is 2.46. The first kappa shape index (κ1) is 17.0. The summed E-state index contributed by atoms with van der Waals surface area (Å²) < 4.78 is 5.67. The normalized spacial score (nSPS) is 11.7. The zero-order chi connectivity index (χ0) is 15.3. The molecule has 1 rings (SSSR count). The highest BCUT2D eigenvalue weighted by molar-refractivity contribution is 5.45. The van der Waals surface area contributed by atoms with Crippen molar-refractivity contribution in [2.45, 2.75) is 19.6 Å². The third kappa shape index (κ3) is 5.12. The molecule has 4 heteroatoms. The second-order valence-electron chi connectivity index (χ2n) is 6.16. The summed E-state index contributed by atoms with van der Waals surface area (Å²) in [6, 6.07) is 4.52. The van der Waals surface area contributed by atoms with E-state index in [0.717, 1.165) is 25.4 Å². The summed E-state index contributed by atoms with van der Waals surface area (Å²) in [5.74, 6) is 1.02. The van der Waals surface area contributed by atoms with Crippen LogP contribution in [-0.2, 0) is 19.6 Å². The molecule has 0 bridgehead atoms. The van der Waals surface area contributed by atoms with Crippen molar-refractivity contribution in [3.63, 3.8) is 0 Å². The number of benzene rings is 1. The predicted molar refractivity (Wildman–Crippen MR) is 85.2 cm³/mol. The maximum Gasteiger partial charge on any atom is 0.127 e. The molecule has 0 unspecified atom stereocenters. The monoisotopic (exact) mass is 279 g/mol. The Morgan fingerprint density at radius 2 is 1.15 bits per heavy atom. The van der Waals surface area contributed by atoms with Gasteiger partial charge in [-0.05, 0) is 60.0 Å². The van der Waals surface area contributed by atoms with Gasteiger partial charge in [-0.3, -0.25) is 0 Å². The standard InChI is InChI=1S/C16H29N3O/c1-17(2)10-13-8-14(11-18(3)4)16(20-7)15(9-13)12-19(5)6/h8-9H,10-12H2,1-7H3. The number of hydrogen-bond acceptors (Lipinski definition) is 4. The van der Waals surface area contributed by atoms with Crippen LogP contribution in [0.4, 0.5) is 0 Å². The predicted octanol–water partition coefficient (Wildman–Crippen LogP) is 1.88. The molecular formula is C16H29N3O. The van der Waals surface area contributed by atoms with Crippen LogP contribution in [0.25, 0.3) is 0 Å². The van der Waals surface area contributed by atoms with Crippen LogP contribution in [0.3, 0.4) is 0 Å². The van der Waals surface area contributed by atoms with Gasteiger partial charge in [-0.25, -0.2) is 0 Å². The average Bonchev–Trinajstić information content (AvgIpc) is 2.26. The van der Waals surface area contributed by atoms with Crippen molar-refractivity contribution in [3.8, 4) is 5.75 Å². The molecule has 0 aromatic heterocycles. The fraction of sp³-hybridized carbons (Fsp3) is 0.625. The van der Waals surface area contributed by atoms with Crippen molar-refractivity contribution >= 4 is 0 Å². The van der Waals surface area contributed by atoms with E-state index in [1.54, 1.807) is 7.11 Å². The molecule has 20 heavy (non-hydrogen) atoms. The van der Waals surface area contributed by atoms with Gasteiger partial charge < -0.3 is 19.4 Å². The molecule has 0 spiro atoms. The smallest absolute Gasteiger partial charge is 0.127 e. The lowest BCUT2D eigenvalue weighted by Gasteiger charge is -2.21. The van der Waals surface area contributed by atoms with Crippen molar-refractivity contribution in [1.82, 2.24) is 14.7 Å². The Morgan fingerprint density at radius 1 is 0.750 bits per heavy atom. The first-order valence-corrected chi connectivity index (χ1v) is 6.96. The van der Waals surface area contributed by atoms with Gasteiger partial charge in [0.05, 0.1) is 7.11 Å². The Labute approximate surface area is 123 Å². The molecule has 0 aliphatic heterocycles. The Morgan fingerprint density at radius 3 is 1.45 bits per heavy atom. The van der Waals surface area contributed by atoms with Crippen LogP contribution in [0.5, 0.6) is 5.75 Å². The lowest BCUT2D eigenvalue weighted by atomic mass is 10.0. The van der Waals surface area contributed by atoms with Crippen LogP contribution >= 0.6 is 0 Å². The van der Waals surface area contributed by atoms with Crippen LogP contribution in [0.1, 0.15) is 16.7 Å². The second-order valence-corrected chi connectivity index (χ2v) is 6.16. The fourth-order valence-corrected chi connectivity index (χ4v) is 2.46. The molecule has 0 saturated heterocycles. The number of nitrogens with zero attached hydrogens (tertiary/aromatic N) is 3. The van der Waals surface area contributed by atoms with E-state index in [4.69, 9.17) is 4.74 Å².